The second kappa shape index (κ2) is 6.62. The van der Waals surface area contributed by atoms with Crippen molar-refractivity contribution in [2.75, 3.05) is 11.9 Å². The molecule has 1 heterocycles. The molecule has 1 amide bonds. The molecule has 0 aliphatic rings. The van der Waals surface area contributed by atoms with Gasteiger partial charge in [-0.05, 0) is 19.9 Å². The summed E-state index contributed by atoms with van der Waals surface area (Å²) in [6.45, 7) is 2.19. The van der Waals surface area contributed by atoms with E-state index in [0.29, 0.717) is 6.07 Å². The number of pyridine rings is 1. The Morgan fingerprint density at radius 3 is 2.57 bits per heavy atom. The normalized spacial score (nSPS) is 13.6. The Bertz CT molecular complexity index is 665. The number of nitriles is 1. The van der Waals surface area contributed by atoms with Crippen LogP contribution in [0.1, 0.15) is 25.1 Å². The third-order valence-corrected chi connectivity index (χ3v) is 2.67. The Balaban J connectivity index is 3.09. The van der Waals surface area contributed by atoms with Crippen LogP contribution in [-0.2, 0) is 20.5 Å². The number of amides is 1. The summed E-state index contributed by atoms with van der Waals surface area (Å²) in [4.78, 5) is 26.6. The fraction of sp³-hybridized carbons (Fsp3) is 0.385. The minimum atomic E-state index is -4.86. The van der Waals surface area contributed by atoms with E-state index in [1.54, 1.807) is 0 Å². The summed E-state index contributed by atoms with van der Waals surface area (Å²) < 4.78 is 42.9. The molecule has 1 aromatic heterocycles. The Morgan fingerprint density at radius 1 is 1.48 bits per heavy atom. The minimum absolute atomic E-state index is 0.0983. The van der Waals surface area contributed by atoms with Gasteiger partial charge in [0.2, 0.25) is 5.60 Å². The van der Waals surface area contributed by atoms with Gasteiger partial charge in [0.1, 0.15) is 6.07 Å². The fourth-order valence-electron chi connectivity index (χ4n) is 1.46. The molecular formula is C13H12F3N3O4. The number of halogens is 3. The molecule has 0 aliphatic carbocycles. The monoisotopic (exact) mass is 331 g/mol. The van der Waals surface area contributed by atoms with Crippen LogP contribution in [0.15, 0.2) is 12.3 Å². The van der Waals surface area contributed by atoms with E-state index in [4.69, 9.17) is 5.26 Å². The topological polar surface area (TPSA) is 112 Å². The van der Waals surface area contributed by atoms with Gasteiger partial charge in [-0.2, -0.15) is 18.4 Å². The highest BCUT2D eigenvalue weighted by Crippen LogP contribution is 2.32. The van der Waals surface area contributed by atoms with Crippen molar-refractivity contribution in [2.24, 2.45) is 0 Å². The molecule has 0 radical (unpaired) electrons. The lowest BCUT2D eigenvalue weighted by molar-refractivity contribution is -0.167. The lowest BCUT2D eigenvalue weighted by atomic mass is 10.1. The molecule has 0 aliphatic heterocycles. The molecule has 1 atom stereocenters. The second-order valence-electron chi connectivity index (χ2n) is 4.48. The standard InChI is InChI=1S/C13H12F3N3O4/c1-3-23-11(21)12(2,22)10(20)19-7-4-8(13(14,15)16)9(5-17)18-6-7/h4,6,22H,3H2,1-2H3,(H,19,20). The van der Waals surface area contributed by atoms with Gasteiger partial charge in [0.25, 0.3) is 5.91 Å². The van der Waals surface area contributed by atoms with Crippen LogP contribution in [0.2, 0.25) is 0 Å². The van der Waals surface area contributed by atoms with E-state index >= 15 is 0 Å². The van der Waals surface area contributed by atoms with Crippen molar-refractivity contribution < 1.29 is 32.6 Å². The first-order valence-electron chi connectivity index (χ1n) is 6.22. The number of nitrogens with one attached hydrogen (secondary N) is 1. The van der Waals surface area contributed by atoms with Crippen LogP contribution in [-0.4, -0.2) is 34.2 Å². The average molecular weight is 331 g/mol. The van der Waals surface area contributed by atoms with Crippen LogP contribution >= 0.6 is 0 Å². The summed E-state index contributed by atoms with van der Waals surface area (Å²) in [5.74, 6) is -2.55. The molecule has 0 spiro atoms. The van der Waals surface area contributed by atoms with E-state index in [1.165, 1.54) is 13.0 Å². The minimum Gasteiger partial charge on any atom is -0.463 e. The van der Waals surface area contributed by atoms with Gasteiger partial charge in [0, 0.05) is 0 Å². The van der Waals surface area contributed by atoms with Gasteiger partial charge >= 0.3 is 12.1 Å². The lowest BCUT2D eigenvalue weighted by Crippen LogP contribution is -2.48. The Hall–Kier alpha value is -2.67. The summed E-state index contributed by atoms with van der Waals surface area (Å²) in [5, 5.41) is 20.3. The first-order valence-corrected chi connectivity index (χ1v) is 6.22. The van der Waals surface area contributed by atoms with Crippen molar-refractivity contribution in [3.05, 3.63) is 23.5 Å². The van der Waals surface area contributed by atoms with Crippen molar-refractivity contribution >= 4 is 17.6 Å². The maximum Gasteiger partial charge on any atom is 0.419 e. The van der Waals surface area contributed by atoms with Crippen molar-refractivity contribution in [1.82, 2.24) is 4.98 Å². The predicted molar refractivity (Wildman–Crippen MR) is 69.8 cm³/mol. The van der Waals surface area contributed by atoms with E-state index in [0.717, 1.165) is 13.1 Å². The maximum atomic E-state index is 12.8. The number of ether oxygens (including phenoxy) is 1. The molecule has 1 rings (SSSR count). The number of alkyl halides is 3. The molecule has 23 heavy (non-hydrogen) atoms. The largest absolute Gasteiger partial charge is 0.463 e. The van der Waals surface area contributed by atoms with Crippen molar-refractivity contribution in [2.45, 2.75) is 25.6 Å². The zero-order valence-corrected chi connectivity index (χ0v) is 12.1. The molecule has 1 aromatic rings. The number of carbonyl (C=O) groups excluding carboxylic acids is 2. The number of hydrogen-bond acceptors (Lipinski definition) is 6. The first kappa shape index (κ1) is 18.4. The smallest absolute Gasteiger partial charge is 0.419 e. The molecule has 0 saturated heterocycles. The molecular weight excluding hydrogens is 319 g/mol. The van der Waals surface area contributed by atoms with Crippen molar-refractivity contribution in [3.63, 3.8) is 0 Å². The van der Waals surface area contributed by atoms with Crippen LogP contribution in [0.4, 0.5) is 18.9 Å². The predicted octanol–water partition coefficient (Wildman–Crippen LogP) is 1.22. The van der Waals surface area contributed by atoms with Gasteiger partial charge in [-0.25, -0.2) is 9.78 Å². The van der Waals surface area contributed by atoms with Crippen LogP contribution in [0.3, 0.4) is 0 Å². The summed E-state index contributed by atoms with van der Waals surface area (Å²) in [5.41, 5.74) is -5.26. The van der Waals surface area contributed by atoms with Crippen molar-refractivity contribution in [3.8, 4) is 6.07 Å². The van der Waals surface area contributed by atoms with E-state index in [9.17, 15) is 27.9 Å². The van der Waals surface area contributed by atoms with Gasteiger partial charge in [0.05, 0.1) is 24.1 Å². The molecule has 10 heteroatoms. The van der Waals surface area contributed by atoms with E-state index in [1.807, 2.05) is 5.32 Å². The Labute approximate surface area is 128 Å². The van der Waals surface area contributed by atoms with Crippen LogP contribution < -0.4 is 5.32 Å². The zero-order valence-electron chi connectivity index (χ0n) is 12.1. The summed E-state index contributed by atoms with van der Waals surface area (Å²) >= 11 is 0. The number of hydrogen-bond donors (Lipinski definition) is 2. The quantitative estimate of drug-likeness (QED) is 0.634. The van der Waals surface area contributed by atoms with Crippen LogP contribution in [0.5, 0.6) is 0 Å². The summed E-state index contributed by atoms with van der Waals surface area (Å²) in [6, 6.07) is 1.76. The van der Waals surface area contributed by atoms with Gasteiger partial charge < -0.3 is 15.2 Å². The second-order valence-corrected chi connectivity index (χ2v) is 4.48. The number of esters is 1. The highest BCUT2D eigenvalue weighted by Gasteiger charge is 2.41. The molecule has 2 N–H and O–H groups in total. The summed E-state index contributed by atoms with van der Waals surface area (Å²) in [7, 11) is 0. The van der Waals surface area contributed by atoms with Gasteiger partial charge in [0.15, 0.2) is 5.69 Å². The number of anilines is 1. The number of carbonyl (C=O) groups is 2. The molecule has 7 nitrogen and oxygen atoms in total. The Kier molecular flexibility index (Phi) is 5.29. The third-order valence-electron chi connectivity index (χ3n) is 2.67. The van der Waals surface area contributed by atoms with E-state index in [2.05, 4.69) is 9.72 Å². The first-order chi connectivity index (χ1) is 10.5. The van der Waals surface area contributed by atoms with Crippen LogP contribution in [0.25, 0.3) is 0 Å². The SMILES string of the molecule is CCOC(=O)C(C)(O)C(=O)Nc1cnc(C#N)c(C(F)(F)F)c1. The fourth-order valence-corrected chi connectivity index (χ4v) is 1.46. The number of aromatic nitrogens is 1. The van der Waals surface area contributed by atoms with Crippen molar-refractivity contribution in [1.29, 1.82) is 5.26 Å². The van der Waals surface area contributed by atoms with E-state index in [-0.39, 0.29) is 6.61 Å². The van der Waals surface area contributed by atoms with Gasteiger partial charge in [-0.3, -0.25) is 4.79 Å². The van der Waals surface area contributed by atoms with Gasteiger partial charge in [-0.1, -0.05) is 0 Å². The average Bonchev–Trinajstić information content (AvgIpc) is 2.46. The lowest BCUT2D eigenvalue weighted by Gasteiger charge is -2.20. The zero-order chi connectivity index (χ0) is 17.8. The highest BCUT2D eigenvalue weighted by molar-refractivity contribution is 6.11. The molecule has 0 aromatic carbocycles. The van der Waals surface area contributed by atoms with E-state index < -0.39 is 40.6 Å². The van der Waals surface area contributed by atoms with Crippen LogP contribution in [0, 0.1) is 11.3 Å². The summed E-state index contributed by atoms with van der Waals surface area (Å²) in [6.07, 6.45) is -4.06. The van der Waals surface area contributed by atoms with Gasteiger partial charge in [-0.15, -0.1) is 0 Å². The number of rotatable bonds is 4. The third kappa shape index (κ3) is 4.17. The molecule has 0 bridgehead atoms. The molecule has 0 saturated carbocycles. The maximum absolute atomic E-state index is 12.8. The highest BCUT2D eigenvalue weighted by atomic mass is 19.4. The molecule has 124 valence electrons. The number of nitrogens with zero attached hydrogens (tertiary/aromatic N) is 2. The molecule has 0 fully saturated rings. The number of aliphatic hydroxyl groups is 1. The Morgan fingerprint density at radius 2 is 2.09 bits per heavy atom. The molecule has 1 unspecified atom stereocenters.